The first kappa shape index (κ1) is 17.4. The van der Waals surface area contributed by atoms with E-state index < -0.39 is 6.04 Å². The highest BCUT2D eigenvalue weighted by Gasteiger charge is 2.41. The van der Waals surface area contributed by atoms with Gasteiger partial charge in [0.05, 0.1) is 32.0 Å². The highest BCUT2D eigenvalue weighted by Crippen LogP contribution is 2.35. The third-order valence-electron chi connectivity index (χ3n) is 5.03. The minimum absolute atomic E-state index is 0.270. The van der Waals surface area contributed by atoms with Crippen LogP contribution in [-0.2, 0) is 9.47 Å². The number of methoxy groups -OCH3 is 1. The fraction of sp³-hybridized carbons (Fsp3) is 0.556. The predicted octanol–water partition coefficient (Wildman–Crippen LogP) is 1.34. The Balaban J connectivity index is 1.52. The number of ether oxygens (including phenoxy) is 3. The van der Waals surface area contributed by atoms with Crippen molar-refractivity contribution < 1.29 is 18.7 Å². The van der Waals surface area contributed by atoms with Gasteiger partial charge in [0.25, 0.3) is 5.89 Å². The molecular weight excluding hydrogens is 336 g/mol. The molecule has 2 unspecified atom stereocenters. The van der Waals surface area contributed by atoms with E-state index in [4.69, 9.17) is 24.5 Å². The summed E-state index contributed by atoms with van der Waals surface area (Å²) in [5.41, 5.74) is 6.86. The number of rotatable bonds is 4. The molecule has 0 saturated carbocycles. The lowest BCUT2D eigenvalue weighted by Gasteiger charge is -2.42. The lowest BCUT2D eigenvalue weighted by molar-refractivity contribution is -0.216. The summed E-state index contributed by atoms with van der Waals surface area (Å²) in [6, 6.07) is 7.00. The Bertz CT molecular complexity index is 739. The maximum Gasteiger partial charge on any atom is 0.258 e. The molecule has 1 spiro atoms. The molecule has 0 bridgehead atoms. The van der Waals surface area contributed by atoms with E-state index in [9.17, 15) is 0 Å². The first-order chi connectivity index (χ1) is 12.7. The van der Waals surface area contributed by atoms with Crippen LogP contribution in [0.5, 0.6) is 5.75 Å². The van der Waals surface area contributed by atoms with Crippen LogP contribution < -0.4 is 15.8 Å². The average Bonchev–Trinajstić information content (AvgIpc) is 3.18. The van der Waals surface area contributed by atoms with E-state index in [1.54, 1.807) is 7.11 Å². The molecule has 0 amide bonds. The first-order valence-corrected chi connectivity index (χ1v) is 8.89. The van der Waals surface area contributed by atoms with Crippen LogP contribution in [0.3, 0.4) is 0 Å². The highest BCUT2D eigenvalue weighted by atomic mass is 16.6. The Kier molecular flexibility index (Phi) is 4.90. The Hall–Kier alpha value is -2.00. The van der Waals surface area contributed by atoms with Gasteiger partial charge in [0.15, 0.2) is 11.9 Å². The van der Waals surface area contributed by atoms with Crippen molar-refractivity contribution in [2.75, 3.05) is 33.4 Å². The molecule has 0 radical (unpaired) electrons. The Morgan fingerprint density at radius 1 is 1.31 bits per heavy atom. The predicted molar refractivity (Wildman–Crippen MR) is 92.8 cm³/mol. The monoisotopic (exact) mass is 360 g/mol. The van der Waals surface area contributed by atoms with Gasteiger partial charge in [-0.25, -0.2) is 0 Å². The zero-order chi connectivity index (χ0) is 18.0. The molecule has 1 aromatic carbocycles. The van der Waals surface area contributed by atoms with E-state index >= 15 is 0 Å². The maximum atomic E-state index is 6.33. The topological polar surface area (TPSA) is 105 Å². The van der Waals surface area contributed by atoms with Crippen LogP contribution in [0.15, 0.2) is 28.8 Å². The Labute approximate surface area is 152 Å². The number of hydrogen-bond donors (Lipinski definition) is 2. The molecular formula is C18H24N4O4. The second kappa shape index (κ2) is 7.32. The first-order valence-electron chi connectivity index (χ1n) is 8.89. The molecule has 8 nitrogen and oxygen atoms in total. The van der Waals surface area contributed by atoms with E-state index in [1.165, 1.54) is 0 Å². The number of piperidine rings is 1. The maximum absolute atomic E-state index is 6.33. The lowest BCUT2D eigenvalue weighted by Crippen LogP contribution is -2.51. The molecule has 2 fully saturated rings. The fourth-order valence-corrected chi connectivity index (χ4v) is 3.55. The van der Waals surface area contributed by atoms with Crippen molar-refractivity contribution in [2.45, 2.75) is 30.6 Å². The summed E-state index contributed by atoms with van der Waals surface area (Å²) in [5, 5.41) is 7.41. The second-order valence-corrected chi connectivity index (χ2v) is 6.77. The smallest absolute Gasteiger partial charge is 0.258 e. The number of benzene rings is 1. The number of nitrogens with one attached hydrogen (secondary N) is 1. The van der Waals surface area contributed by atoms with Crippen LogP contribution in [0.2, 0.25) is 0 Å². The SMILES string of the molecule is COc1ccccc1C(N)c1noc(C2COCC3(CCNCC3)O2)n1. The number of hydrogen-bond acceptors (Lipinski definition) is 8. The van der Waals surface area contributed by atoms with Gasteiger partial charge >= 0.3 is 0 Å². The zero-order valence-corrected chi connectivity index (χ0v) is 14.8. The number of nitrogens with two attached hydrogens (primary N) is 1. The Morgan fingerprint density at radius 2 is 2.12 bits per heavy atom. The Morgan fingerprint density at radius 3 is 2.92 bits per heavy atom. The van der Waals surface area contributed by atoms with Crippen molar-refractivity contribution in [1.82, 2.24) is 15.5 Å². The molecule has 2 atom stereocenters. The molecule has 1 aromatic heterocycles. The van der Waals surface area contributed by atoms with Crippen molar-refractivity contribution in [3.8, 4) is 5.75 Å². The van der Waals surface area contributed by atoms with E-state index in [0.717, 1.165) is 31.5 Å². The number of para-hydroxylation sites is 1. The van der Waals surface area contributed by atoms with Crippen molar-refractivity contribution >= 4 is 0 Å². The van der Waals surface area contributed by atoms with Crippen LogP contribution in [0.4, 0.5) is 0 Å². The van der Waals surface area contributed by atoms with E-state index in [2.05, 4.69) is 15.5 Å². The van der Waals surface area contributed by atoms with E-state index in [0.29, 0.717) is 30.7 Å². The summed E-state index contributed by atoms with van der Waals surface area (Å²) in [7, 11) is 1.61. The van der Waals surface area contributed by atoms with Crippen LogP contribution >= 0.6 is 0 Å². The van der Waals surface area contributed by atoms with Gasteiger partial charge in [0.1, 0.15) is 5.75 Å². The van der Waals surface area contributed by atoms with Gasteiger partial charge < -0.3 is 29.8 Å². The minimum atomic E-state index is -0.541. The molecule has 2 aliphatic rings. The van der Waals surface area contributed by atoms with Gasteiger partial charge in [0, 0.05) is 5.56 Å². The van der Waals surface area contributed by atoms with Crippen LogP contribution in [0.25, 0.3) is 0 Å². The van der Waals surface area contributed by atoms with Crippen LogP contribution in [-0.4, -0.2) is 49.2 Å². The molecule has 4 rings (SSSR count). The summed E-state index contributed by atoms with van der Waals surface area (Å²) in [4.78, 5) is 4.48. The summed E-state index contributed by atoms with van der Waals surface area (Å²) in [5.74, 6) is 1.50. The quantitative estimate of drug-likeness (QED) is 0.842. The van der Waals surface area contributed by atoms with E-state index in [1.807, 2.05) is 24.3 Å². The minimum Gasteiger partial charge on any atom is -0.496 e. The fourth-order valence-electron chi connectivity index (χ4n) is 3.55. The normalized spacial score (nSPS) is 23.7. The van der Waals surface area contributed by atoms with Gasteiger partial charge in [0.2, 0.25) is 0 Å². The molecule has 3 heterocycles. The molecule has 140 valence electrons. The standard InChI is InChI=1S/C18H24N4O4/c1-23-13-5-3-2-4-12(13)15(19)16-21-17(26-22-16)14-10-24-11-18(25-14)6-8-20-9-7-18/h2-5,14-15,20H,6-11,19H2,1H3. The van der Waals surface area contributed by atoms with Crippen molar-refractivity contribution in [2.24, 2.45) is 5.73 Å². The number of nitrogens with zero attached hydrogens (tertiary/aromatic N) is 2. The van der Waals surface area contributed by atoms with Crippen LogP contribution in [0, 0.1) is 0 Å². The number of aromatic nitrogens is 2. The third-order valence-corrected chi connectivity index (χ3v) is 5.03. The third kappa shape index (κ3) is 3.33. The lowest BCUT2D eigenvalue weighted by atomic mass is 9.92. The van der Waals surface area contributed by atoms with Crippen molar-refractivity contribution in [3.05, 3.63) is 41.5 Å². The molecule has 3 N–H and O–H groups in total. The van der Waals surface area contributed by atoms with Crippen molar-refractivity contribution in [3.63, 3.8) is 0 Å². The van der Waals surface area contributed by atoms with Gasteiger partial charge in [-0.3, -0.25) is 0 Å². The molecule has 0 aliphatic carbocycles. The van der Waals surface area contributed by atoms with Gasteiger partial charge in [-0.2, -0.15) is 4.98 Å². The molecule has 2 saturated heterocycles. The summed E-state index contributed by atoms with van der Waals surface area (Å²) in [6.07, 6.45) is 1.45. The van der Waals surface area contributed by atoms with Gasteiger partial charge in [-0.1, -0.05) is 23.4 Å². The van der Waals surface area contributed by atoms with Crippen LogP contribution in [0.1, 0.15) is 42.3 Å². The van der Waals surface area contributed by atoms with Gasteiger partial charge in [-0.05, 0) is 32.0 Å². The second-order valence-electron chi connectivity index (χ2n) is 6.77. The zero-order valence-electron chi connectivity index (χ0n) is 14.8. The molecule has 26 heavy (non-hydrogen) atoms. The molecule has 2 aliphatic heterocycles. The molecule has 2 aromatic rings. The van der Waals surface area contributed by atoms with E-state index in [-0.39, 0.29) is 11.7 Å². The van der Waals surface area contributed by atoms with Crippen molar-refractivity contribution in [1.29, 1.82) is 0 Å². The summed E-state index contributed by atoms with van der Waals surface area (Å²) >= 11 is 0. The summed E-state index contributed by atoms with van der Waals surface area (Å²) < 4.78 is 22.9. The van der Waals surface area contributed by atoms with Gasteiger partial charge in [-0.15, -0.1) is 0 Å². The highest BCUT2D eigenvalue weighted by molar-refractivity contribution is 5.38. The largest absolute Gasteiger partial charge is 0.496 e. The average molecular weight is 360 g/mol. The molecule has 8 heteroatoms. The summed E-state index contributed by atoms with van der Waals surface area (Å²) in [6.45, 7) is 2.85.